The van der Waals surface area contributed by atoms with Crippen molar-refractivity contribution in [2.24, 2.45) is 0 Å². The number of hydrogen-bond donors (Lipinski definition) is 0. The van der Waals surface area contributed by atoms with Crippen LogP contribution in [0.4, 0.5) is 0 Å². The van der Waals surface area contributed by atoms with E-state index in [9.17, 15) is 0 Å². The average Bonchev–Trinajstić information content (AvgIpc) is 3.42. The van der Waals surface area contributed by atoms with Gasteiger partial charge in [0.1, 0.15) is 12.4 Å². The van der Waals surface area contributed by atoms with Crippen LogP contribution in [-0.4, -0.2) is 4.57 Å². The standard InChI is InChI=1S/C42H83N2/c1-4-7-10-13-15-17-19-21-22-24-26-28-30-33-36-39-44-41-40-43(38-35-32-12-9-6-3)42(44)37-34-31-29-27-25-23-20-18-16-14-11-8-5-2/h40-41H,4-39H2,1-3H3/q+1. The summed E-state index contributed by atoms with van der Waals surface area (Å²) in [6.45, 7) is 9.40. The van der Waals surface area contributed by atoms with Crippen molar-refractivity contribution in [1.82, 2.24) is 4.57 Å². The normalized spacial score (nSPS) is 11.6. The van der Waals surface area contributed by atoms with Crippen molar-refractivity contribution in [3.8, 4) is 0 Å². The van der Waals surface area contributed by atoms with Crippen molar-refractivity contribution in [2.45, 2.75) is 252 Å². The predicted molar refractivity (Wildman–Crippen MR) is 198 cm³/mol. The van der Waals surface area contributed by atoms with Gasteiger partial charge >= 0.3 is 0 Å². The lowest BCUT2D eigenvalue weighted by atomic mass is 10.0. The summed E-state index contributed by atoms with van der Waals surface area (Å²) in [6.07, 6.45) is 53.4. The Morgan fingerprint density at radius 3 is 1.09 bits per heavy atom. The van der Waals surface area contributed by atoms with Gasteiger partial charge in [-0.2, -0.15) is 0 Å². The Morgan fingerprint density at radius 2 is 0.705 bits per heavy atom. The molecule has 2 nitrogen and oxygen atoms in total. The van der Waals surface area contributed by atoms with Gasteiger partial charge in [-0.3, -0.25) is 0 Å². The van der Waals surface area contributed by atoms with Gasteiger partial charge in [0.05, 0.1) is 13.1 Å². The second-order valence-electron chi connectivity index (χ2n) is 14.5. The van der Waals surface area contributed by atoms with Crippen LogP contribution in [0.2, 0.25) is 0 Å². The number of aromatic nitrogens is 2. The van der Waals surface area contributed by atoms with Crippen LogP contribution in [0.3, 0.4) is 0 Å². The Labute approximate surface area is 279 Å². The third-order valence-corrected chi connectivity index (χ3v) is 10.1. The first-order chi connectivity index (χ1) is 21.8. The molecule has 0 bridgehead atoms. The van der Waals surface area contributed by atoms with E-state index < -0.39 is 0 Å². The monoisotopic (exact) mass is 616 g/mol. The lowest BCUT2D eigenvalue weighted by Crippen LogP contribution is -2.37. The van der Waals surface area contributed by atoms with Crippen LogP contribution in [0.15, 0.2) is 12.4 Å². The molecule has 0 radical (unpaired) electrons. The van der Waals surface area contributed by atoms with Crippen LogP contribution in [0.5, 0.6) is 0 Å². The number of rotatable bonds is 36. The molecule has 0 N–H and O–H groups in total. The van der Waals surface area contributed by atoms with E-state index in [0.29, 0.717) is 0 Å². The first-order valence-corrected chi connectivity index (χ1v) is 20.9. The molecule has 0 aliphatic rings. The van der Waals surface area contributed by atoms with E-state index >= 15 is 0 Å². The van der Waals surface area contributed by atoms with E-state index in [-0.39, 0.29) is 0 Å². The fourth-order valence-corrected chi connectivity index (χ4v) is 7.03. The molecule has 0 aliphatic carbocycles. The molecule has 0 aromatic carbocycles. The maximum absolute atomic E-state index is 2.63. The molecule has 0 amide bonds. The van der Waals surface area contributed by atoms with Crippen molar-refractivity contribution in [1.29, 1.82) is 0 Å². The van der Waals surface area contributed by atoms with Gasteiger partial charge in [0.2, 0.25) is 0 Å². The first kappa shape index (κ1) is 41.2. The number of aryl methyl sites for hydroxylation is 2. The Hall–Kier alpha value is -0.790. The predicted octanol–water partition coefficient (Wildman–Crippen LogP) is 14.3. The molecule has 0 unspecified atom stereocenters. The molecule has 1 aromatic heterocycles. The summed E-state index contributed by atoms with van der Waals surface area (Å²) in [5.41, 5.74) is 0. The second-order valence-corrected chi connectivity index (χ2v) is 14.5. The number of unbranched alkanes of at least 4 members (excludes halogenated alkanes) is 30. The molecule has 0 saturated heterocycles. The third kappa shape index (κ3) is 25.4. The molecule has 0 saturated carbocycles. The summed E-state index contributed by atoms with van der Waals surface area (Å²) in [4.78, 5) is 0. The summed E-state index contributed by atoms with van der Waals surface area (Å²) in [5, 5.41) is 0. The summed E-state index contributed by atoms with van der Waals surface area (Å²) < 4.78 is 5.26. The van der Waals surface area contributed by atoms with E-state index in [1.807, 2.05) is 0 Å². The van der Waals surface area contributed by atoms with E-state index in [1.165, 1.54) is 231 Å². The Morgan fingerprint density at radius 1 is 0.386 bits per heavy atom. The van der Waals surface area contributed by atoms with Gasteiger partial charge in [-0.25, -0.2) is 9.13 Å². The molecule has 1 heterocycles. The van der Waals surface area contributed by atoms with E-state index in [4.69, 9.17) is 0 Å². The second kappa shape index (κ2) is 33.6. The van der Waals surface area contributed by atoms with Crippen molar-refractivity contribution in [3.63, 3.8) is 0 Å². The van der Waals surface area contributed by atoms with E-state index in [0.717, 1.165) is 0 Å². The topological polar surface area (TPSA) is 8.81 Å². The Balaban J connectivity index is 2.19. The van der Waals surface area contributed by atoms with Crippen LogP contribution in [-0.2, 0) is 19.5 Å². The quantitative estimate of drug-likeness (QED) is 0.0524. The first-order valence-electron chi connectivity index (χ1n) is 20.9. The van der Waals surface area contributed by atoms with Gasteiger partial charge in [0, 0.05) is 6.42 Å². The maximum Gasteiger partial charge on any atom is 0.256 e. The van der Waals surface area contributed by atoms with Crippen molar-refractivity contribution in [3.05, 3.63) is 18.2 Å². The fraction of sp³-hybridized carbons (Fsp3) is 0.929. The highest BCUT2D eigenvalue weighted by atomic mass is 15.1. The van der Waals surface area contributed by atoms with E-state index in [2.05, 4.69) is 42.3 Å². The number of hydrogen-bond acceptors (Lipinski definition) is 0. The SMILES string of the molecule is CCCCCCCCCCCCCCCCCn1cc[n+](CCCCCCC)c1CCCCCCCCCCCCCCC. The minimum atomic E-state index is 1.23. The third-order valence-electron chi connectivity index (χ3n) is 10.1. The minimum Gasteiger partial charge on any atom is -0.234 e. The van der Waals surface area contributed by atoms with E-state index in [1.54, 1.807) is 5.82 Å². The smallest absolute Gasteiger partial charge is 0.234 e. The van der Waals surface area contributed by atoms with Gasteiger partial charge in [-0.15, -0.1) is 0 Å². The summed E-state index contributed by atoms with van der Waals surface area (Å²) in [6, 6.07) is 0. The van der Waals surface area contributed by atoms with Gasteiger partial charge in [0.25, 0.3) is 5.82 Å². The zero-order valence-corrected chi connectivity index (χ0v) is 31.0. The van der Waals surface area contributed by atoms with Gasteiger partial charge in [0.15, 0.2) is 0 Å². The summed E-state index contributed by atoms with van der Waals surface area (Å²) in [7, 11) is 0. The molecule has 2 heteroatoms. The molecular weight excluding hydrogens is 532 g/mol. The Kier molecular flexibility index (Phi) is 31.5. The Bertz CT molecular complexity index is 677. The zero-order chi connectivity index (χ0) is 31.6. The molecule has 44 heavy (non-hydrogen) atoms. The number of imidazole rings is 1. The maximum atomic E-state index is 2.63. The van der Waals surface area contributed by atoms with Gasteiger partial charge in [-0.1, -0.05) is 201 Å². The molecule has 0 aliphatic heterocycles. The molecule has 260 valence electrons. The van der Waals surface area contributed by atoms with Gasteiger partial charge in [-0.05, 0) is 32.1 Å². The van der Waals surface area contributed by atoms with Crippen LogP contribution < -0.4 is 4.57 Å². The molecule has 0 atom stereocenters. The molecular formula is C42H83N2+. The van der Waals surface area contributed by atoms with Crippen LogP contribution in [0, 0.1) is 0 Å². The van der Waals surface area contributed by atoms with Crippen LogP contribution in [0.1, 0.15) is 238 Å². The molecule has 1 aromatic rings. The van der Waals surface area contributed by atoms with Crippen molar-refractivity contribution in [2.75, 3.05) is 0 Å². The summed E-state index contributed by atoms with van der Waals surface area (Å²) >= 11 is 0. The zero-order valence-electron chi connectivity index (χ0n) is 31.0. The lowest BCUT2D eigenvalue weighted by molar-refractivity contribution is -0.704. The van der Waals surface area contributed by atoms with Gasteiger partial charge < -0.3 is 0 Å². The van der Waals surface area contributed by atoms with Crippen molar-refractivity contribution < 1.29 is 4.57 Å². The molecule has 1 rings (SSSR count). The minimum absolute atomic E-state index is 1.23. The highest BCUT2D eigenvalue weighted by Gasteiger charge is 2.16. The van der Waals surface area contributed by atoms with Crippen LogP contribution >= 0.6 is 0 Å². The average molecular weight is 616 g/mol. The van der Waals surface area contributed by atoms with Crippen LogP contribution in [0.25, 0.3) is 0 Å². The summed E-state index contributed by atoms with van der Waals surface area (Å²) in [5.74, 6) is 1.62. The molecule has 0 spiro atoms. The number of nitrogens with zero attached hydrogens (tertiary/aromatic N) is 2. The molecule has 0 fully saturated rings. The largest absolute Gasteiger partial charge is 0.256 e. The fourth-order valence-electron chi connectivity index (χ4n) is 7.03. The highest BCUT2D eigenvalue weighted by molar-refractivity contribution is 4.84. The lowest BCUT2D eigenvalue weighted by Gasteiger charge is -2.07. The highest BCUT2D eigenvalue weighted by Crippen LogP contribution is 2.16. The van der Waals surface area contributed by atoms with Crippen molar-refractivity contribution >= 4 is 0 Å².